The maximum absolute atomic E-state index is 13.7. The van der Waals surface area contributed by atoms with Gasteiger partial charge in [0.25, 0.3) is 11.8 Å². The second-order valence-corrected chi connectivity index (χ2v) is 9.14. The fourth-order valence-corrected chi connectivity index (χ4v) is 3.58. The number of amides is 2. The van der Waals surface area contributed by atoms with Crippen LogP contribution in [0.15, 0.2) is 72.8 Å². The van der Waals surface area contributed by atoms with E-state index in [9.17, 15) is 14.0 Å². The highest BCUT2D eigenvalue weighted by Gasteiger charge is 2.25. The third-order valence-electron chi connectivity index (χ3n) is 5.18. The predicted molar refractivity (Wildman–Crippen MR) is 130 cm³/mol. The SMILES string of the molecule is CC(C)(CN)CN(Cc1cccc(NC(=O)c2cccc(Cl)c2)c1)C(=O)c1cccc(F)c1. The summed E-state index contributed by atoms with van der Waals surface area (Å²) in [5.74, 6) is -1.04. The summed E-state index contributed by atoms with van der Waals surface area (Å²) in [5.41, 5.74) is 7.69. The van der Waals surface area contributed by atoms with Gasteiger partial charge in [-0.2, -0.15) is 0 Å². The van der Waals surface area contributed by atoms with Gasteiger partial charge in [-0.05, 0) is 66.1 Å². The molecule has 0 unspecified atom stereocenters. The molecule has 3 aromatic carbocycles. The fourth-order valence-electron chi connectivity index (χ4n) is 3.39. The molecule has 172 valence electrons. The maximum atomic E-state index is 13.7. The van der Waals surface area contributed by atoms with Crippen molar-refractivity contribution in [3.05, 3.63) is 100 Å². The molecule has 3 N–H and O–H groups in total. The zero-order valence-corrected chi connectivity index (χ0v) is 19.4. The van der Waals surface area contributed by atoms with Crippen LogP contribution in [-0.4, -0.2) is 29.8 Å². The first kappa shape index (κ1) is 24.4. The van der Waals surface area contributed by atoms with Crippen molar-refractivity contribution in [2.24, 2.45) is 11.1 Å². The molecule has 0 aromatic heterocycles. The molecule has 0 aliphatic rings. The number of carbonyl (C=O) groups excluding carboxylic acids is 2. The van der Waals surface area contributed by atoms with E-state index in [0.29, 0.717) is 29.4 Å². The summed E-state index contributed by atoms with van der Waals surface area (Å²) in [6.07, 6.45) is 0. The van der Waals surface area contributed by atoms with Crippen molar-refractivity contribution >= 4 is 29.1 Å². The summed E-state index contributed by atoms with van der Waals surface area (Å²) in [6, 6.07) is 19.6. The second-order valence-electron chi connectivity index (χ2n) is 8.70. The van der Waals surface area contributed by atoms with E-state index in [2.05, 4.69) is 5.32 Å². The lowest BCUT2D eigenvalue weighted by atomic mass is 9.92. The lowest BCUT2D eigenvalue weighted by Crippen LogP contribution is -2.41. The number of halogens is 2. The Labute approximate surface area is 198 Å². The van der Waals surface area contributed by atoms with Gasteiger partial charge in [0.15, 0.2) is 0 Å². The zero-order chi connectivity index (χ0) is 24.0. The Morgan fingerprint density at radius 1 is 1.00 bits per heavy atom. The van der Waals surface area contributed by atoms with Crippen molar-refractivity contribution in [2.45, 2.75) is 20.4 Å². The Balaban J connectivity index is 1.82. The van der Waals surface area contributed by atoms with Crippen LogP contribution in [0.2, 0.25) is 5.02 Å². The number of nitrogens with zero attached hydrogens (tertiary/aromatic N) is 1. The molecule has 0 atom stereocenters. The molecule has 0 bridgehead atoms. The van der Waals surface area contributed by atoms with Gasteiger partial charge in [0.2, 0.25) is 0 Å². The van der Waals surface area contributed by atoms with Gasteiger partial charge < -0.3 is 16.0 Å². The Hall–Kier alpha value is -3.22. The number of hydrogen-bond acceptors (Lipinski definition) is 3. The van der Waals surface area contributed by atoms with Gasteiger partial charge in [-0.25, -0.2) is 4.39 Å². The molecule has 0 heterocycles. The number of hydrogen-bond donors (Lipinski definition) is 2. The monoisotopic (exact) mass is 467 g/mol. The highest BCUT2D eigenvalue weighted by Crippen LogP contribution is 2.21. The third kappa shape index (κ3) is 6.88. The highest BCUT2D eigenvalue weighted by atomic mass is 35.5. The van der Waals surface area contributed by atoms with Crippen molar-refractivity contribution in [1.29, 1.82) is 0 Å². The summed E-state index contributed by atoms with van der Waals surface area (Å²) >= 11 is 5.98. The van der Waals surface area contributed by atoms with Gasteiger partial charge >= 0.3 is 0 Å². The quantitative estimate of drug-likeness (QED) is 0.468. The van der Waals surface area contributed by atoms with E-state index < -0.39 is 5.82 Å². The van der Waals surface area contributed by atoms with Gasteiger partial charge in [-0.3, -0.25) is 9.59 Å². The molecule has 33 heavy (non-hydrogen) atoms. The van der Waals surface area contributed by atoms with Gasteiger partial charge in [0.05, 0.1) is 0 Å². The summed E-state index contributed by atoms with van der Waals surface area (Å²) in [5, 5.41) is 3.33. The fraction of sp³-hybridized carbons (Fsp3) is 0.231. The molecule has 7 heteroatoms. The number of rotatable bonds is 8. The first-order valence-corrected chi connectivity index (χ1v) is 11.0. The molecule has 5 nitrogen and oxygen atoms in total. The molecule has 2 amide bonds. The van der Waals surface area contributed by atoms with Crippen LogP contribution in [0.4, 0.5) is 10.1 Å². The molecule has 0 saturated heterocycles. The number of nitrogens with two attached hydrogens (primary N) is 1. The minimum atomic E-state index is -0.468. The Morgan fingerprint density at radius 3 is 2.39 bits per heavy atom. The van der Waals surface area contributed by atoms with Crippen molar-refractivity contribution in [3.8, 4) is 0 Å². The van der Waals surface area contributed by atoms with Crippen LogP contribution in [0.5, 0.6) is 0 Å². The molecule has 0 spiro atoms. The van der Waals surface area contributed by atoms with Crippen molar-refractivity contribution in [2.75, 3.05) is 18.4 Å². The zero-order valence-electron chi connectivity index (χ0n) is 18.6. The first-order chi connectivity index (χ1) is 15.7. The Bertz CT molecular complexity index is 1150. The topological polar surface area (TPSA) is 75.4 Å². The van der Waals surface area contributed by atoms with Crippen LogP contribution in [0, 0.1) is 11.2 Å². The van der Waals surface area contributed by atoms with Gasteiger partial charge in [0.1, 0.15) is 5.82 Å². The molecule has 0 fully saturated rings. The van der Waals surface area contributed by atoms with E-state index in [-0.39, 0.29) is 29.3 Å². The lowest BCUT2D eigenvalue weighted by Gasteiger charge is -2.32. The number of nitrogens with one attached hydrogen (secondary N) is 1. The van der Waals surface area contributed by atoms with Crippen molar-refractivity contribution in [3.63, 3.8) is 0 Å². The molecule has 0 aliphatic carbocycles. The van der Waals surface area contributed by atoms with E-state index in [0.717, 1.165) is 5.56 Å². The number of carbonyl (C=O) groups is 2. The standard InChI is InChI=1S/C26H27ClFN3O2/c1-26(2,16-29)17-31(25(33)20-8-5-10-22(28)14-20)15-18-6-3-11-23(12-18)30-24(32)19-7-4-9-21(27)13-19/h3-14H,15-17,29H2,1-2H3,(H,30,32). The highest BCUT2D eigenvalue weighted by molar-refractivity contribution is 6.31. The average molecular weight is 468 g/mol. The minimum absolute atomic E-state index is 0.272. The van der Waals surface area contributed by atoms with E-state index >= 15 is 0 Å². The van der Waals surface area contributed by atoms with Gasteiger partial charge in [-0.15, -0.1) is 0 Å². The van der Waals surface area contributed by atoms with E-state index in [1.54, 1.807) is 41.3 Å². The minimum Gasteiger partial charge on any atom is -0.334 e. The largest absolute Gasteiger partial charge is 0.334 e. The Kier molecular flexibility index (Phi) is 7.84. The second kappa shape index (κ2) is 10.6. The molecule has 3 aromatic rings. The summed E-state index contributed by atoms with van der Waals surface area (Å²) < 4.78 is 13.7. The molecule has 0 radical (unpaired) electrons. The summed E-state index contributed by atoms with van der Waals surface area (Å²) in [7, 11) is 0. The summed E-state index contributed by atoms with van der Waals surface area (Å²) in [4.78, 5) is 27.4. The molecule has 0 saturated carbocycles. The van der Waals surface area contributed by atoms with E-state index in [4.69, 9.17) is 17.3 Å². The Morgan fingerprint density at radius 2 is 1.70 bits per heavy atom. The maximum Gasteiger partial charge on any atom is 0.255 e. The summed E-state index contributed by atoms with van der Waals surface area (Å²) in [6.45, 7) is 4.99. The van der Waals surface area contributed by atoms with E-state index in [1.807, 2.05) is 32.0 Å². The lowest BCUT2D eigenvalue weighted by molar-refractivity contribution is 0.0672. The van der Waals surface area contributed by atoms with Gasteiger partial charge in [0, 0.05) is 34.9 Å². The normalized spacial score (nSPS) is 11.2. The van der Waals surface area contributed by atoms with Crippen LogP contribution in [0.3, 0.4) is 0 Å². The van der Waals surface area contributed by atoms with Crippen molar-refractivity contribution < 1.29 is 14.0 Å². The van der Waals surface area contributed by atoms with Crippen LogP contribution < -0.4 is 11.1 Å². The molecular formula is C26H27ClFN3O2. The molecule has 0 aliphatic heterocycles. The molecule has 3 rings (SSSR count). The van der Waals surface area contributed by atoms with Crippen molar-refractivity contribution in [1.82, 2.24) is 4.90 Å². The smallest absolute Gasteiger partial charge is 0.255 e. The van der Waals surface area contributed by atoms with Gasteiger partial charge in [-0.1, -0.05) is 49.7 Å². The number of anilines is 1. The van der Waals surface area contributed by atoms with E-state index in [1.165, 1.54) is 18.2 Å². The van der Waals surface area contributed by atoms with Crippen LogP contribution in [0.25, 0.3) is 0 Å². The number of benzene rings is 3. The predicted octanol–water partition coefficient (Wildman–Crippen LogP) is 5.36. The van der Waals surface area contributed by atoms with Crippen LogP contribution >= 0.6 is 11.6 Å². The molecular weight excluding hydrogens is 441 g/mol. The third-order valence-corrected chi connectivity index (χ3v) is 5.41. The van der Waals surface area contributed by atoms with Crippen LogP contribution in [0.1, 0.15) is 40.1 Å². The first-order valence-electron chi connectivity index (χ1n) is 10.6. The average Bonchev–Trinajstić information content (AvgIpc) is 2.78. The van der Waals surface area contributed by atoms with Crippen LogP contribution in [-0.2, 0) is 6.54 Å².